The molecule has 0 saturated heterocycles. The first-order valence-corrected chi connectivity index (χ1v) is 7.91. The molecule has 0 spiro atoms. The Kier molecular flexibility index (Phi) is 4.63. The lowest BCUT2D eigenvalue weighted by Gasteiger charge is -2.05. The number of nitrogens with zero attached hydrogens (tertiary/aromatic N) is 2. The molecule has 3 aromatic rings. The number of methoxy groups -OCH3 is 1. The van der Waals surface area contributed by atoms with Crippen LogP contribution in [0.25, 0.3) is 10.6 Å². The van der Waals surface area contributed by atoms with E-state index in [1.807, 2.05) is 17.5 Å². The first kappa shape index (κ1) is 15.2. The predicted octanol–water partition coefficient (Wildman–Crippen LogP) is 3.14. The first-order chi connectivity index (χ1) is 11.3. The highest BCUT2D eigenvalue weighted by molar-refractivity contribution is 7.13. The Morgan fingerprint density at radius 2 is 2.22 bits per heavy atom. The second kappa shape index (κ2) is 7.02. The van der Waals surface area contributed by atoms with Crippen molar-refractivity contribution >= 4 is 17.2 Å². The maximum atomic E-state index is 12.2. The molecule has 6 heteroatoms. The Balaban J connectivity index is 1.64. The summed E-state index contributed by atoms with van der Waals surface area (Å²) in [4.78, 5) is 20.8. The van der Waals surface area contributed by atoms with Crippen molar-refractivity contribution in [3.05, 3.63) is 65.4 Å². The number of pyridine rings is 1. The molecule has 0 aliphatic rings. The number of nitrogens with one attached hydrogen (secondary N) is 1. The highest BCUT2D eigenvalue weighted by Gasteiger charge is 2.09. The second-order valence-electron chi connectivity index (χ2n) is 4.80. The van der Waals surface area contributed by atoms with Crippen molar-refractivity contribution in [2.24, 2.45) is 0 Å². The number of benzene rings is 1. The van der Waals surface area contributed by atoms with Crippen molar-refractivity contribution in [2.45, 2.75) is 6.54 Å². The van der Waals surface area contributed by atoms with Gasteiger partial charge in [-0.1, -0.05) is 6.07 Å². The molecule has 0 unspecified atom stereocenters. The number of aromatic nitrogens is 2. The van der Waals surface area contributed by atoms with Gasteiger partial charge in [-0.3, -0.25) is 9.78 Å². The number of carbonyl (C=O) groups excluding carboxylic acids is 1. The van der Waals surface area contributed by atoms with E-state index in [1.54, 1.807) is 43.8 Å². The van der Waals surface area contributed by atoms with Gasteiger partial charge in [0.25, 0.3) is 5.91 Å². The summed E-state index contributed by atoms with van der Waals surface area (Å²) in [5.41, 5.74) is 2.36. The third-order valence-electron chi connectivity index (χ3n) is 3.22. The summed E-state index contributed by atoms with van der Waals surface area (Å²) in [6.45, 7) is 0.382. The number of thiazole rings is 1. The second-order valence-corrected chi connectivity index (χ2v) is 5.66. The minimum atomic E-state index is -0.153. The molecular weight excluding hydrogens is 310 g/mol. The minimum Gasteiger partial charge on any atom is -0.497 e. The minimum absolute atomic E-state index is 0.153. The molecule has 1 aromatic carbocycles. The summed E-state index contributed by atoms with van der Waals surface area (Å²) in [6.07, 6.45) is 3.50. The Bertz CT molecular complexity index is 802. The van der Waals surface area contributed by atoms with E-state index in [1.165, 1.54) is 11.3 Å². The molecule has 1 N–H and O–H groups in total. The lowest BCUT2D eigenvalue weighted by atomic mass is 10.2. The molecule has 0 saturated carbocycles. The van der Waals surface area contributed by atoms with Crippen LogP contribution in [0.2, 0.25) is 0 Å². The monoisotopic (exact) mass is 325 g/mol. The van der Waals surface area contributed by atoms with E-state index in [9.17, 15) is 4.79 Å². The van der Waals surface area contributed by atoms with Gasteiger partial charge in [0.1, 0.15) is 10.8 Å². The van der Waals surface area contributed by atoms with Gasteiger partial charge in [0, 0.05) is 28.9 Å². The van der Waals surface area contributed by atoms with E-state index in [0.717, 1.165) is 16.3 Å². The van der Waals surface area contributed by atoms with Crippen LogP contribution >= 0.6 is 11.3 Å². The molecule has 0 fully saturated rings. The quantitative estimate of drug-likeness (QED) is 0.783. The maximum Gasteiger partial charge on any atom is 0.251 e. The molecule has 0 bridgehead atoms. The van der Waals surface area contributed by atoms with Crippen molar-refractivity contribution in [1.82, 2.24) is 15.3 Å². The van der Waals surface area contributed by atoms with E-state index in [-0.39, 0.29) is 5.91 Å². The Hall–Kier alpha value is -2.73. The lowest BCUT2D eigenvalue weighted by molar-refractivity contribution is 0.0950. The van der Waals surface area contributed by atoms with Gasteiger partial charge in [0.05, 0.1) is 19.3 Å². The molecule has 1 amide bonds. The van der Waals surface area contributed by atoms with E-state index in [0.29, 0.717) is 17.9 Å². The lowest BCUT2D eigenvalue weighted by Crippen LogP contribution is -2.22. The molecule has 2 aromatic heterocycles. The van der Waals surface area contributed by atoms with Crippen LogP contribution in [0, 0.1) is 0 Å². The maximum absolute atomic E-state index is 12.2. The summed E-state index contributed by atoms with van der Waals surface area (Å²) < 4.78 is 5.12. The molecule has 0 atom stereocenters. The van der Waals surface area contributed by atoms with Crippen LogP contribution in [0.5, 0.6) is 5.75 Å². The van der Waals surface area contributed by atoms with Crippen molar-refractivity contribution in [1.29, 1.82) is 0 Å². The standard InChI is InChI=1S/C17H15N3O2S/c1-22-15-6-2-4-12(8-15)16(21)19-10-14-11-23-17(20-14)13-5-3-7-18-9-13/h2-9,11H,10H2,1H3,(H,19,21). The molecule has 5 nitrogen and oxygen atoms in total. The van der Waals surface area contributed by atoms with Crippen LogP contribution in [-0.2, 0) is 6.54 Å². The normalized spacial score (nSPS) is 10.3. The molecule has 0 aliphatic carbocycles. The number of ether oxygens (including phenoxy) is 1. The van der Waals surface area contributed by atoms with Gasteiger partial charge >= 0.3 is 0 Å². The van der Waals surface area contributed by atoms with Gasteiger partial charge in [-0.05, 0) is 30.3 Å². The SMILES string of the molecule is COc1cccc(C(=O)NCc2csc(-c3cccnc3)n2)c1. The predicted molar refractivity (Wildman–Crippen MR) is 89.5 cm³/mol. The van der Waals surface area contributed by atoms with E-state index in [4.69, 9.17) is 4.74 Å². The molecule has 3 rings (SSSR count). The fourth-order valence-corrected chi connectivity index (χ4v) is 2.86. The topological polar surface area (TPSA) is 64.1 Å². The highest BCUT2D eigenvalue weighted by Crippen LogP contribution is 2.22. The van der Waals surface area contributed by atoms with Gasteiger partial charge in [-0.25, -0.2) is 4.98 Å². The zero-order valence-electron chi connectivity index (χ0n) is 12.5. The Morgan fingerprint density at radius 1 is 1.30 bits per heavy atom. The molecule has 0 radical (unpaired) electrons. The van der Waals surface area contributed by atoms with Crippen molar-refractivity contribution < 1.29 is 9.53 Å². The zero-order valence-corrected chi connectivity index (χ0v) is 13.3. The molecule has 2 heterocycles. The highest BCUT2D eigenvalue weighted by atomic mass is 32.1. The fraction of sp³-hybridized carbons (Fsp3) is 0.118. The van der Waals surface area contributed by atoms with Crippen LogP contribution < -0.4 is 10.1 Å². The van der Waals surface area contributed by atoms with Crippen LogP contribution in [0.1, 0.15) is 16.1 Å². The van der Waals surface area contributed by atoms with Crippen molar-refractivity contribution in [3.8, 4) is 16.3 Å². The number of hydrogen-bond donors (Lipinski definition) is 1. The van der Waals surface area contributed by atoms with Gasteiger partial charge < -0.3 is 10.1 Å². The van der Waals surface area contributed by atoms with Crippen molar-refractivity contribution in [2.75, 3.05) is 7.11 Å². The average molecular weight is 325 g/mol. The van der Waals surface area contributed by atoms with Crippen molar-refractivity contribution in [3.63, 3.8) is 0 Å². The summed E-state index contributed by atoms with van der Waals surface area (Å²) >= 11 is 1.53. The summed E-state index contributed by atoms with van der Waals surface area (Å²) in [6, 6.07) is 10.9. The Labute approximate surface area is 138 Å². The molecule has 0 aliphatic heterocycles. The van der Waals surface area contributed by atoms with Crippen LogP contribution in [0.3, 0.4) is 0 Å². The van der Waals surface area contributed by atoms with Crippen LogP contribution in [-0.4, -0.2) is 23.0 Å². The van der Waals surface area contributed by atoms with Gasteiger partial charge in [0.15, 0.2) is 0 Å². The van der Waals surface area contributed by atoms with Crippen LogP contribution in [0.15, 0.2) is 54.2 Å². The van der Waals surface area contributed by atoms with E-state index < -0.39 is 0 Å². The van der Waals surface area contributed by atoms with E-state index in [2.05, 4.69) is 15.3 Å². The van der Waals surface area contributed by atoms with Gasteiger partial charge in [0.2, 0.25) is 0 Å². The number of amides is 1. The molecular formula is C17H15N3O2S. The number of carbonyl (C=O) groups is 1. The third-order valence-corrected chi connectivity index (χ3v) is 4.16. The molecule has 23 heavy (non-hydrogen) atoms. The zero-order chi connectivity index (χ0) is 16.1. The third kappa shape index (κ3) is 3.73. The summed E-state index contributed by atoms with van der Waals surface area (Å²) in [5.74, 6) is 0.505. The van der Waals surface area contributed by atoms with Gasteiger partial charge in [-0.15, -0.1) is 11.3 Å². The summed E-state index contributed by atoms with van der Waals surface area (Å²) in [7, 11) is 1.58. The van der Waals surface area contributed by atoms with Crippen LogP contribution in [0.4, 0.5) is 0 Å². The van der Waals surface area contributed by atoms with E-state index >= 15 is 0 Å². The Morgan fingerprint density at radius 3 is 3.00 bits per heavy atom. The average Bonchev–Trinajstić information content (AvgIpc) is 3.09. The smallest absolute Gasteiger partial charge is 0.251 e. The first-order valence-electron chi connectivity index (χ1n) is 7.03. The van der Waals surface area contributed by atoms with Gasteiger partial charge in [-0.2, -0.15) is 0 Å². The number of hydrogen-bond acceptors (Lipinski definition) is 5. The summed E-state index contributed by atoms with van der Waals surface area (Å²) in [5, 5.41) is 5.70. The molecule has 116 valence electrons. The number of rotatable bonds is 5. The fourth-order valence-electron chi connectivity index (χ4n) is 2.05. The largest absolute Gasteiger partial charge is 0.497 e.